The molecule has 0 saturated heterocycles. The van der Waals surface area contributed by atoms with Crippen LogP contribution in [0.15, 0.2) is 39.8 Å². The number of rotatable bonds is 6. The van der Waals surface area contributed by atoms with Crippen molar-refractivity contribution in [2.75, 3.05) is 12.3 Å². The molecular formula is C15H20BrN3S. The van der Waals surface area contributed by atoms with Crippen LogP contribution in [0.2, 0.25) is 0 Å². The van der Waals surface area contributed by atoms with Gasteiger partial charge in [-0.1, -0.05) is 24.6 Å². The molecule has 1 atom stereocenters. The maximum Gasteiger partial charge on any atom is 0.0700 e. The molecule has 1 aromatic heterocycles. The lowest BCUT2D eigenvalue weighted by atomic mass is 10.2. The van der Waals surface area contributed by atoms with Crippen LogP contribution in [0.5, 0.6) is 0 Å². The van der Waals surface area contributed by atoms with Crippen LogP contribution in [0.1, 0.15) is 24.2 Å². The molecule has 108 valence electrons. The van der Waals surface area contributed by atoms with Gasteiger partial charge in [-0.3, -0.25) is 4.68 Å². The third-order valence-corrected chi connectivity index (χ3v) is 4.87. The number of hydrogen-bond donors (Lipinski definition) is 1. The Hall–Kier alpha value is -0.780. The van der Waals surface area contributed by atoms with E-state index in [4.69, 9.17) is 0 Å². The lowest BCUT2D eigenvalue weighted by molar-refractivity contribution is 0.551. The minimum absolute atomic E-state index is 0.285. The molecule has 3 nitrogen and oxygen atoms in total. The molecule has 0 saturated carbocycles. The zero-order valence-corrected chi connectivity index (χ0v) is 14.5. The van der Waals surface area contributed by atoms with E-state index in [9.17, 15) is 0 Å². The second-order valence-corrected chi connectivity index (χ2v) is 6.68. The molecule has 0 fully saturated rings. The molecule has 20 heavy (non-hydrogen) atoms. The molecule has 2 aromatic rings. The van der Waals surface area contributed by atoms with Crippen molar-refractivity contribution in [3.8, 4) is 0 Å². The van der Waals surface area contributed by atoms with E-state index < -0.39 is 0 Å². The van der Waals surface area contributed by atoms with Gasteiger partial charge < -0.3 is 5.32 Å². The van der Waals surface area contributed by atoms with Crippen LogP contribution in [0, 0.1) is 6.92 Å². The highest BCUT2D eigenvalue weighted by atomic mass is 79.9. The molecule has 5 heteroatoms. The summed E-state index contributed by atoms with van der Waals surface area (Å²) < 4.78 is 3.00. The number of nitrogens with one attached hydrogen (secondary N) is 1. The van der Waals surface area contributed by atoms with Crippen molar-refractivity contribution in [2.24, 2.45) is 7.05 Å². The molecule has 1 aromatic carbocycles. The van der Waals surface area contributed by atoms with Gasteiger partial charge in [-0.25, -0.2) is 0 Å². The highest BCUT2D eigenvalue weighted by molar-refractivity contribution is 9.10. The monoisotopic (exact) mass is 353 g/mol. The second-order valence-electron chi connectivity index (χ2n) is 4.74. The predicted octanol–water partition coefficient (Wildman–Crippen LogP) is 3.93. The number of halogens is 1. The fourth-order valence-electron chi connectivity index (χ4n) is 2.11. The Morgan fingerprint density at radius 1 is 1.35 bits per heavy atom. The van der Waals surface area contributed by atoms with Gasteiger partial charge >= 0.3 is 0 Å². The normalized spacial score (nSPS) is 12.6. The van der Waals surface area contributed by atoms with E-state index in [1.165, 1.54) is 16.2 Å². The van der Waals surface area contributed by atoms with Crippen LogP contribution in [0.4, 0.5) is 0 Å². The van der Waals surface area contributed by atoms with Crippen molar-refractivity contribution in [3.63, 3.8) is 0 Å². The molecule has 0 aliphatic rings. The molecular weight excluding hydrogens is 334 g/mol. The average molecular weight is 354 g/mol. The van der Waals surface area contributed by atoms with Crippen LogP contribution >= 0.6 is 27.7 Å². The Labute approximate surface area is 133 Å². The van der Waals surface area contributed by atoms with Gasteiger partial charge in [0.1, 0.15) is 0 Å². The molecule has 1 N–H and O–H groups in total. The predicted molar refractivity (Wildman–Crippen MR) is 89.2 cm³/mol. The van der Waals surface area contributed by atoms with Gasteiger partial charge in [0, 0.05) is 17.7 Å². The van der Waals surface area contributed by atoms with E-state index in [-0.39, 0.29) is 6.04 Å². The third kappa shape index (κ3) is 3.87. The smallest absolute Gasteiger partial charge is 0.0700 e. The quantitative estimate of drug-likeness (QED) is 0.797. The summed E-state index contributed by atoms with van der Waals surface area (Å²) in [4.78, 5) is 1.30. The van der Waals surface area contributed by atoms with Crippen molar-refractivity contribution < 1.29 is 0 Å². The molecule has 0 amide bonds. The van der Waals surface area contributed by atoms with Crippen LogP contribution in [0.3, 0.4) is 0 Å². The first-order valence-corrected chi connectivity index (χ1v) is 8.50. The first-order chi connectivity index (χ1) is 9.61. The number of aryl methyl sites for hydroxylation is 2. The maximum atomic E-state index is 4.31. The fraction of sp³-hybridized carbons (Fsp3) is 0.400. The highest BCUT2D eigenvalue weighted by Crippen LogP contribution is 2.28. The average Bonchev–Trinajstić information content (AvgIpc) is 2.76. The minimum atomic E-state index is 0.285. The van der Waals surface area contributed by atoms with Crippen LogP contribution in [0.25, 0.3) is 0 Å². The Bertz CT molecular complexity index is 531. The molecule has 1 heterocycles. The van der Waals surface area contributed by atoms with Gasteiger partial charge in [-0.05, 0) is 41.5 Å². The summed E-state index contributed by atoms with van der Waals surface area (Å²) in [6.45, 7) is 5.19. The van der Waals surface area contributed by atoms with E-state index in [2.05, 4.69) is 64.5 Å². The summed E-state index contributed by atoms with van der Waals surface area (Å²) in [5.74, 6) is 0.981. The first-order valence-electron chi connectivity index (χ1n) is 6.72. The minimum Gasteiger partial charge on any atom is -0.308 e. The molecule has 1 unspecified atom stereocenters. The first kappa shape index (κ1) is 15.6. The van der Waals surface area contributed by atoms with E-state index >= 15 is 0 Å². The van der Waals surface area contributed by atoms with E-state index in [1.807, 2.05) is 29.7 Å². The fourth-order valence-corrected chi connectivity index (χ4v) is 3.70. The highest BCUT2D eigenvalue weighted by Gasteiger charge is 2.18. The van der Waals surface area contributed by atoms with Gasteiger partial charge in [0.15, 0.2) is 0 Å². The van der Waals surface area contributed by atoms with Crippen LogP contribution < -0.4 is 5.32 Å². The lowest BCUT2D eigenvalue weighted by Gasteiger charge is -2.18. The zero-order chi connectivity index (χ0) is 14.5. The molecule has 0 spiro atoms. The van der Waals surface area contributed by atoms with Gasteiger partial charge in [0.05, 0.1) is 22.4 Å². The molecule has 2 rings (SSSR count). The SMILES string of the molecule is CCNC(CSc1ccc(C)cc1)c1c(Br)cnn1C. The Morgan fingerprint density at radius 2 is 2.05 bits per heavy atom. The van der Waals surface area contributed by atoms with Crippen molar-refractivity contribution >= 4 is 27.7 Å². The zero-order valence-electron chi connectivity index (χ0n) is 12.1. The molecule has 0 aliphatic carbocycles. The van der Waals surface area contributed by atoms with Crippen LogP contribution in [-0.2, 0) is 7.05 Å². The van der Waals surface area contributed by atoms with Crippen molar-refractivity contribution in [1.29, 1.82) is 0 Å². The van der Waals surface area contributed by atoms with E-state index in [0.717, 1.165) is 16.8 Å². The van der Waals surface area contributed by atoms with E-state index in [0.29, 0.717) is 0 Å². The van der Waals surface area contributed by atoms with Gasteiger partial charge in [0.25, 0.3) is 0 Å². The molecule has 0 radical (unpaired) electrons. The second kappa shape index (κ2) is 7.29. The number of benzene rings is 1. The Morgan fingerprint density at radius 3 is 2.60 bits per heavy atom. The van der Waals surface area contributed by atoms with Crippen molar-refractivity contribution in [2.45, 2.75) is 24.8 Å². The number of aromatic nitrogens is 2. The van der Waals surface area contributed by atoms with Gasteiger partial charge in [-0.2, -0.15) is 5.10 Å². The summed E-state index contributed by atoms with van der Waals surface area (Å²) in [6, 6.07) is 8.96. The van der Waals surface area contributed by atoms with Gasteiger partial charge in [-0.15, -0.1) is 11.8 Å². The topological polar surface area (TPSA) is 29.9 Å². The summed E-state index contributed by atoms with van der Waals surface area (Å²) in [5, 5.41) is 7.84. The van der Waals surface area contributed by atoms with Crippen molar-refractivity contribution in [3.05, 3.63) is 46.2 Å². The lowest BCUT2D eigenvalue weighted by Crippen LogP contribution is -2.25. The van der Waals surface area contributed by atoms with Crippen molar-refractivity contribution in [1.82, 2.24) is 15.1 Å². The third-order valence-electron chi connectivity index (χ3n) is 3.16. The Balaban J connectivity index is 2.08. The maximum absolute atomic E-state index is 4.31. The summed E-state index contributed by atoms with van der Waals surface area (Å²) in [7, 11) is 1.99. The molecule has 0 aliphatic heterocycles. The molecule has 0 bridgehead atoms. The standard InChI is InChI=1S/C15H20BrN3S/c1-4-17-14(15-13(16)9-18-19(15)3)10-20-12-7-5-11(2)6-8-12/h5-9,14,17H,4,10H2,1-3H3. The summed E-state index contributed by atoms with van der Waals surface area (Å²) in [6.07, 6.45) is 1.86. The number of thioether (sulfide) groups is 1. The van der Waals surface area contributed by atoms with Crippen LogP contribution in [-0.4, -0.2) is 22.1 Å². The largest absolute Gasteiger partial charge is 0.308 e. The summed E-state index contributed by atoms with van der Waals surface area (Å²) >= 11 is 5.46. The van der Waals surface area contributed by atoms with E-state index in [1.54, 1.807) is 0 Å². The Kier molecular flexibility index (Phi) is 5.69. The van der Waals surface area contributed by atoms with Gasteiger partial charge in [0.2, 0.25) is 0 Å². The number of hydrogen-bond acceptors (Lipinski definition) is 3. The summed E-state index contributed by atoms with van der Waals surface area (Å²) in [5.41, 5.74) is 2.50. The number of nitrogens with zero attached hydrogens (tertiary/aromatic N) is 2.